The van der Waals surface area contributed by atoms with Crippen molar-refractivity contribution in [3.05, 3.63) is 95.2 Å². The summed E-state index contributed by atoms with van der Waals surface area (Å²) in [7, 11) is 0. The van der Waals surface area contributed by atoms with Gasteiger partial charge in [0.2, 0.25) is 5.91 Å². The summed E-state index contributed by atoms with van der Waals surface area (Å²) >= 11 is 0. The van der Waals surface area contributed by atoms with Gasteiger partial charge in [-0.1, -0.05) is 30.3 Å². The zero-order valence-electron chi connectivity index (χ0n) is 26.5. The number of fused-ring (bicyclic) bond motifs is 10. The maximum Gasteiger partial charge on any atom is 0.490 e. The Kier molecular flexibility index (Phi) is 11.6. The SMILES string of the molecule is CCOC(=O)C[C@@H]1NC(=O)C(Nc2ccc3c(N)nccc3c2)c2ccc(c(C)c2)CCOC(=O)Nc2cccc1c2.O=C(O)C(F)(F)F. The predicted molar refractivity (Wildman–Crippen MR) is 175 cm³/mol. The van der Waals surface area contributed by atoms with Crippen molar-refractivity contribution in [2.24, 2.45) is 0 Å². The van der Waals surface area contributed by atoms with E-state index in [2.05, 4.69) is 20.9 Å². The molecule has 3 heterocycles. The van der Waals surface area contributed by atoms with E-state index in [1.54, 1.807) is 37.4 Å². The lowest BCUT2D eigenvalue weighted by molar-refractivity contribution is -0.192. The van der Waals surface area contributed by atoms with E-state index in [-0.39, 0.29) is 25.5 Å². The third kappa shape index (κ3) is 9.82. The maximum atomic E-state index is 14.1. The Morgan fingerprint density at radius 3 is 2.53 bits per heavy atom. The summed E-state index contributed by atoms with van der Waals surface area (Å²) in [4.78, 5) is 52.2. The number of alkyl halides is 3. The molecule has 0 spiro atoms. The van der Waals surface area contributed by atoms with E-state index in [9.17, 15) is 27.6 Å². The number of hydrogen-bond acceptors (Lipinski definition) is 9. The molecule has 258 valence electrons. The van der Waals surface area contributed by atoms with E-state index in [0.29, 0.717) is 29.2 Å². The number of hydrogen-bond donors (Lipinski definition) is 5. The Morgan fingerprint density at radius 1 is 1.08 bits per heavy atom. The fourth-order valence-corrected chi connectivity index (χ4v) is 5.07. The quantitative estimate of drug-likeness (QED) is 0.161. The van der Waals surface area contributed by atoms with Crippen molar-refractivity contribution in [1.29, 1.82) is 0 Å². The number of aromatic nitrogens is 1. The molecule has 0 radical (unpaired) electrons. The van der Waals surface area contributed by atoms with Crippen LogP contribution in [-0.2, 0) is 30.3 Å². The van der Waals surface area contributed by atoms with Gasteiger partial charge in [-0.05, 0) is 77.9 Å². The number of nitrogens with two attached hydrogens (primary N) is 1. The monoisotopic (exact) mass is 681 g/mol. The Labute approximate surface area is 278 Å². The maximum absolute atomic E-state index is 14.1. The largest absolute Gasteiger partial charge is 0.490 e. The first-order chi connectivity index (χ1) is 23.2. The van der Waals surface area contributed by atoms with Crippen LogP contribution >= 0.6 is 0 Å². The summed E-state index contributed by atoms with van der Waals surface area (Å²) in [6.07, 6.45) is -3.61. The van der Waals surface area contributed by atoms with Crippen LogP contribution in [0.15, 0.2) is 72.9 Å². The molecule has 49 heavy (non-hydrogen) atoms. The van der Waals surface area contributed by atoms with Gasteiger partial charge in [0.05, 0.1) is 25.7 Å². The molecule has 2 aliphatic heterocycles. The number of ether oxygens (including phenoxy) is 2. The number of carbonyl (C=O) groups excluding carboxylic acids is 3. The zero-order chi connectivity index (χ0) is 35.7. The number of rotatable bonds is 5. The number of amides is 2. The van der Waals surface area contributed by atoms with E-state index in [0.717, 1.165) is 27.5 Å². The summed E-state index contributed by atoms with van der Waals surface area (Å²) in [5.41, 5.74) is 10.5. The number of anilines is 3. The Balaban J connectivity index is 0.000000698. The van der Waals surface area contributed by atoms with Gasteiger partial charge < -0.3 is 30.9 Å². The van der Waals surface area contributed by atoms with Crippen LogP contribution in [0.5, 0.6) is 0 Å². The molecule has 0 aliphatic carbocycles. The number of aliphatic carboxylic acids is 1. The van der Waals surface area contributed by atoms with Crippen molar-refractivity contribution in [2.45, 2.75) is 44.9 Å². The number of carboxylic acids is 1. The molecule has 0 saturated heterocycles. The smallest absolute Gasteiger partial charge is 0.475 e. The number of esters is 1. The summed E-state index contributed by atoms with van der Waals surface area (Å²) < 4.78 is 42.4. The summed E-state index contributed by atoms with van der Waals surface area (Å²) in [5.74, 6) is -3.12. The molecule has 1 aromatic heterocycles. The van der Waals surface area contributed by atoms with Gasteiger partial charge in [-0.15, -0.1) is 0 Å². The predicted octanol–water partition coefficient (Wildman–Crippen LogP) is 5.83. The fourth-order valence-electron chi connectivity index (χ4n) is 5.07. The van der Waals surface area contributed by atoms with E-state index in [1.807, 2.05) is 49.4 Å². The van der Waals surface area contributed by atoms with Gasteiger partial charge in [0, 0.05) is 29.4 Å². The Morgan fingerprint density at radius 2 is 1.84 bits per heavy atom. The Hall–Kier alpha value is -5.86. The summed E-state index contributed by atoms with van der Waals surface area (Å²) in [6, 6.07) is 18.7. The molecule has 4 aromatic rings. The van der Waals surface area contributed by atoms with E-state index in [1.165, 1.54) is 0 Å². The average molecular weight is 682 g/mol. The van der Waals surface area contributed by atoms with Crippen LogP contribution in [0.2, 0.25) is 0 Å². The normalized spacial score (nSPS) is 16.3. The topological polar surface area (TPSA) is 182 Å². The number of nitrogens with zero attached hydrogens (tertiary/aromatic N) is 1. The van der Waals surface area contributed by atoms with Crippen molar-refractivity contribution < 1.29 is 46.9 Å². The molecule has 6 N–H and O–H groups in total. The number of aryl methyl sites for hydroxylation is 1. The molecule has 12 nitrogen and oxygen atoms in total. The fraction of sp³-hybridized carbons (Fsp3) is 0.265. The van der Waals surface area contributed by atoms with Crippen LogP contribution < -0.4 is 21.7 Å². The molecule has 2 amide bonds. The van der Waals surface area contributed by atoms with Gasteiger partial charge in [0.15, 0.2) is 0 Å². The lowest BCUT2D eigenvalue weighted by Gasteiger charge is -2.25. The first-order valence-electron chi connectivity index (χ1n) is 15.0. The van der Waals surface area contributed by atoms with Crippen molar-refractivity contribution in [3.63, 3.8) is 0 Å². The molecule has 3 aromatic carbocycles. The van der Waals surface area contributed by atoms with E-state index < -0.39 is 36.3 Å². The van der Waals surface area contributed by atoms with Gasteiger partial charge in [-0.2, -0.15) is 13.2 Å². The second-order valence-electron chi connectivity index (χ2n) is 10.9. The minimum atomic E-state index is -5.08. The third-order valence-corrected chi connectivity index (χ3v) is 7.44. The summed E-state index contributed by atoms with van der Waals surface area (Å²) in [5, 5.41) is 18.0. The van der Waals surface area contributed by atoms with Crippen molar-refractivity contribution in [3.8, 4) is 0 Å². The van der Waals surface area contributed by atoms with Crippen LogP contribution in [-0.4, -0.2) is 53.4 Å². The van der Waals surface area contributed by atoms with E-state index >= 15 is 0 Å². The van der Waals surface area contributed by atoms with Gasteiger partial charge in [0.25, 0.3) is 0 Å². The number of carbonyl (C=O) groups is 4. The number of nitrogens with one attached hydrogen (secondary N) is 3. The first kappa shape index (κ1) is 36.0. The highest BCUT2D eigenvalue weighted by Crippen LogP contribution is 2.29. The van der Waals surface area contributed by atoms with Gasteiger partial charge >= 0.3 is 24.2 Å². The second kappa shape index (κ2) is 15.8. The van der Waals surface area contributed by atoms with Gasteiger partial charge in [0.1, 0.15) is 11.9 Å². The molecule has 2 atom stereocenters. The molecular weight excluding hydrogens is 647 g/mol. The lowest BCUT2D eigenvalue weighted by atomic mass is 9.96. The highest BCUT2D eigenvalue weighted by atomic mass is 19.4. The highest BCUT2D eigenvalue weighted by Gasteiger charge is 2.38. The lowest BCUT2D eigenvalue weighted by Crippen LogP contribution is -2.37. The minimum Gasteiger partial charge on any atom is -0.475 e. The zero-order valence-corrected chi connectivity index (χ0v) is 26.5. The first-order valence-corrected chi connectivity index (χ1v) is 15.0. The van der Waals surface area contributed by atoms with Crippen LogP contribution in [0, 0.1) is 6.92 Å². The average Bonchev–Trinajstić information content (AvgIpc) is 3.04. The number of halogens is 3. The number of carboxylic acid groups (broad SMARTS) is 1. The van der Waals surface area contributed by atoms with Crippen molar-refractivity contribution in [2.75, 3.05) is 29.6 Å². The Bertz CT molecular complexity index is 1850. The standard InChI is InChI=1S/C32H33N5O5.C2HF3O2/c1-3-41-28(38)18-27-22-5-4-6-24(17-22)36-32(40)42-14-12-20-7-8-23(15-19(20)2)29(31(39)37-27)35-25-9-10-26-21(16-25)11-13-34-30(26)33;3-2(4,5)1(6)7/h4-11,13,15-17,27,29,35H,3,12,14,18H2,1-2H3,(H2,33,34)(H,36,40)(H,37,39);(H,6,7)/t27-,29?;/m0./s1. The summed E-state index contributed by atoms with van der Waals surface area (Å²) in [6.45, 7) is 4.08. The van der Waals surface area contributed by atoms with Crippen molar-refractivity contribution in [1.82, 2.24) is 10.3 Å². The van der Waals surface area contributed by atoms with Gasteiger partial charge in [-0.3, -0.25) is 14.9 Å². The van der Waals surface area contributed by atoms with Crippen LogP contribution in [0.1, 0.15) is 47.7 Å². The second-order valence-corrected chi connectivity index (χ2v) is 10.9. The molecule has 2 aliphatic rings. The molecule has 0 saturated carbocycles. The minimum absolute atomic E-state index is 0.0968. The molecule has 15 heteroatoms. The molecule has 6 rings (SSSR count). The van der Waals surface area contributed by atoms with Crippen LogP contribution in [0.3, 0.4) is 0 Å². The van der Waals surface area contributed by atoms with E-state index in [4.69, 9.17) is 25.1 Å². The number of nitrogen functional groups attached to an aromatic ring is 1. The van der Waals surface area contributed by atoms with Gasteiger partial charge in [-0.25, -0.2) is 14.6 Å². The van der Waals surface area contributed by atoms with Crippen LogP contribution in [0.25, 0.3) is 10.8 Å². The highest BCUT2D eigenvalue weighted by molar-refractivity contribution is 5.94. The molecular formula is C34H34F3N5O7. The molecule has 1 unspecified atom stereocenters. The third-order valence-electron chi connectivity index (χ3n) is 7.44. The number of pyridine rings is 1. The molecule has 0 fully saturated rings. The van der Waals surface area contributed by atoms with Crippen molar-refractivity contribution >= 4 is 51.9 Å². The number of benzene rings is 3. The molecule has 4 bridgehead atoms. The van der Waals surface area contributed by atoms with Crippen LogP contribution in [0.4, 0.5) is 35.2 Å².